The molecule has 0 aliphatic rings. The van der Waals surface area contributed by atoms with E-state index in [9.17, 15) is 4.79 Å². The van der Waals surface area contributed by atoms with Crippen LogP contribution in [-0.2, 0) is 4.79 Å². The molecule has 0 aliphatic carbocycles. The van der Waals surface area contributed by atoms with Gasteiger partial charge in [0, 0.05) is 12.6 Å². The summed E-state index contributed by atoms with van der Waals surface area (Å²) in [5.41, 5.74) is 2.26. The molecule has 1 rings (SSSR count). The van der Waals surface area contributed by atoms with Gasteiger partial charge in [-0.2, -0.15) is 12.6 Å². The van der Waals surface area contributed by atoms with Crippen molar-refractivity contribution in [3.63, 3.8) is 0 Å². The SMILES string of the molecule is CCC(S)N(CC)C(=O)/C=C/c1ccc(C)cc1. The predicted molar refractivity (Wildman–Crippen MR) is 80.7 cm³/mol. The average molecular weight is 263 g/mol. The zero-order valence-corrected chi connectivity index (χ0v) is 12.2. The minimum Gasteiger partial charge on any atom is -0.328 e. The minimum atomic E-state index is -0.00910. The van der Waals surface area contributed by atoms with Gasteiger partial charge in [0.05, 0.1) is 5.37 Å². The fourth-order valence-corrected chi connectivity index (χ4v) is 1.95. The molecule has 1 aromatic carbocycles. The van der Waals surface area contributed by atoms with Gasteiger partial charge in [-0.3, -0.25) is 4.79 Å². The van der Waals surface area contributed by atoms with Gasteiger partial charge in [-0.25, -0.2) is 0 Å². The fraction of sp³-hybridized carbons (Fsp3) is 0.400. The summed E-state index contributed by atoms with van der Waals surface area (Å²) in [4.78, 5) is 13.8. The number of rotatable bonds is 5. The van der Waals surface area contributed by atoms with E-state index in [-0.39, 0.29) is 11.3 Å². The third-order valence-electron chi connectivity index (χ3n) is 2.84. The highest BCUT2D eigenvalue weighted by Crippen LogP contribution is 2.10. The molecule has 98 valence electrons. The molecule has 0 aromatic heterocycles. The Morgan fingerprint density at radius 2 is 1.94 bits per heavy atom. The highest BCUT2D eigenvalue weighted by Gasteiger charge is 2.14. The van der Waals surface area contributed by atoms with E-state index in [2.05, 4.69) is 12.6 Å². The Labute approximate surface area is 115 Å². The van der Waals surface area contributed by atoms with Gasteiger partial charge in [-0.05, 0) is 31.9 Å². The Hall–Kier alpha value is -1.22. The van der Waals surface area contributed by atoms with Crippen molar-refractivity contribution in [1.29, 1.82) is 0 Å². The van der Waals surface area contributed by atoms with Gasteiger partial charge < -0.3 is 4.90 Å². The molecule has 0 saturated carbocycles. The van der Waals surface area contributed by atoms with Crippen molar-refractivity contribution < 1.29 is 4.79 Å². The number of benzene rings is 1. The molecular formula is C15H21NOS. The highest BCUT2D eigenvalue weighted by atomic mass is 32.1. The van der Waals surface area contributed by atoms with Crippen LogP contribution in [0.1, 0.15) is 31.4 Å². The zero-order valence-electron chi connectivity index (χ0n) is 11.3. The number of nitrogens with zero attached hydrogens (tertiary/aromatic N) is 1. The van der Waals surface area contributed by atoms with Crippen LogP contribution in [0.25, 0.3) is 6.08 Å². The molecule has 0 heterocycles. The van der Waals surface area contributed by atoms with Gasteiger partial charge in [-0.1, -0.05) is 36.8 Å². The summed E-state index contributed by atoms with van der Waals surface area (Å²) in [5, 5.41) is -0.00910. The second-order valence-corrected chi connectivity index (χ2v) is 4.85. The molecule has 0 radical (unpaired) electrons. The van der Waals surface area contributed by atoms with Crippen molar-refractivity contribution in [2.75, 3.05) is 6.54 Å². The molecular weight excluding hydrogens is 242 g/mol. The van der Waals surface area contributed by atoms with Gasteiger partial charge >= 0.3 is 0 Å². The average Bonchev–Trinajstić information content (AvgIpc) is 2.38. The monoisotopic (exact) mass is 263 g/mol. The standard InChI is InChI=1S/C15H21NOS/c1-4-15(18)16(5-2)14(17)11-10-13-8-6-12(3)7-9-13/h6-11,15,18H,4-5H2,1-3H3/b11-10+. The lowest BCUT2D eigenvalue weighted by Crippen LogP contribution is -2.35. The van der Waals surface area contributed by atoms with Crippen molar-refractivity contribution in [2.24, 2.45) is 0 Å². The number of carbonyl (C=O) groups is 1. The maximum atomic E-state index is 12.0. The first kappa shape index (κ1) is 14.8. The van der Waals surface area contributed by atoms with Crippen LogP contribution in [-0.4, -0.2) is 22.7 Å². The first-order chi connectivity index (χ1) is 8.58. The third-order valence-corrected chi connectivity index (χ3v) is 3.49. The molecule has 0 aliphatic heterocycles. The minimum absolute atomic E-state index is 0.00910. The van der Waals surface area contributed by atoms with E-state index in [0.717, 1.165) is 12.0 Å². The summed E-state index contributed by atoms with van der Waals surface area (Å²) in [7, 11) is 0. The lowest BCUT2D eigenvalue weighted by Gasteiger charge is -2.24. The maximum Gasteiger partial charge on any atom is 0.247 e. The first-order valence-corrected chi connectivity index (χ1v) is 6.83. The van der Waals surface area contributed by atoms with Crippen LogP contribution in [0, 0.1) is 6.92 Å². The Kier molecular flexibility index (Phi) is 5.99. The molecule has 1 atom stereocenters. The van der Waals surface area contributed by atoms with Crippen molar-refractivity contribution >= 4 is 24.6 Å². The van der Waals surface area contributed by atoms with Gasteiger partial charge in [0.15, 0.2) is 0 Å². The lowest BCUT2D eigenvalue weighted by atomic mass is 10.1. The van der Waals surface area contributed by atoms with E-state index in [4.69, 9.17) is 0 Å². The van der Waals surface area contributed by atoms with Crippen molar-refractivity contribution in [3.8, 4) is 0 Å². The van der Waals surface area contributed by atoms with Gasteiger partial charge in [0.2, 0.25) is 5.91 Å². The summed E-state index contributed by atoms with van der Waals surface area (Å²) in [6.45, 7) is 6.72. The van der Waals surface area contributed by atoms with Crippen LogP contribution in [0.2, 0.25) is 0 Å². The number of hydrogen-bond acceptors (Lipinski definition) is 2. The summed E-state index contributed by atoms with van der Waals surface area (Å²) in [6.07, 6.45) is 4.31. The number of hydrogen-bond donors (Lipinski definition) is 1. The molecule has 2 nitrogen and oxygen atoms in total. The zero-order chi connectivity index (χ0) is 13.5. The normalized spacial score (nSPS) is 12.7. The van der Waals surface area contributed by atoms with Crippen LogP contribution in [0.4, 0.5) is 0 Å². The summed E-state index contributed by atoms with van der Waals surface area (Å²) in [6, 6.07) is 8.09. The molecule has 0 saturated heterocycles. The topological polar surface area (TPSA) is 20.3 Å². The number of amides is 1. The van der Waals surface area contributed by atoms with E-state index in [1.807, 2.05) is 51.1 Å². The highest BCUT2D eigenvalue weighted by molar-refractivity contribution is 7.80. The lowest BCUT2D eigenvalue weighted by molar-refractivity contribution is -0.126. The third kappa shape index (κ3) is 4.22. The summed E-state index contributed by atoms with van der Waals surface area (Å²) in [5.74, 6) is 0.0138. The van der Waals surface area contributed by atoms with E-state index < -0.39 is 0 Å². The molecule has 18 heavy (non-hydrogen) atoms. The van der Waals surface area contributed by atoms with Crippen LogP contribution in [0.5, 0.6) is 0 Å². The molecule has 0 bridgehead atoms. The maximum absolute atomic E-state index is 12.0. The van der Waals surface area contributed by atoms with Crippen molar-refractivity contribution in [3.05, 3.63) is 41.5 Å². The molecule has 0 fully saturated rings. The second-order valence-electron chi connectivity index (χ2n) is 4.26. The summed E-state index contributed by atoms with van der Waals surface area (Å²) >= 11 is 4.41. The summed E-state index contributed by atoms with van der Waals surface area (Å²) < 4.78 is 0. The Morgan fingerprint density at radius 1 is 1.33 bits per heavy atom. The Balaban J connectivity index is 2.71. The van der Waals surface area contributed by atoms with Crippen molar-refractivity contribution in [2.45, 2.75) is 32.6 Å². The van der Waals surface area contributed by atoms with Crippen molar-refractivity contribution in [1.82, 2.24) is 4.90 Å². The molecule has 1 unspecified atom stereocenters. The first-order valence-electron chi connectivity index (χ1n) is 6.31. The number of aryl methyl sites for hydroxylation is 1. The van der Waals surface area contributed by atoms with Crippen LogP contribution >= 0.6 is 12.6 Å². The van der Waals surface area contributed by atoms with Crippen LogP contribution in [0.3, 0.4) is 0 Å². The fourth-order valence-electron chi connectivity index (χ4n) is 1.67. The smallest absolute Gasteiger partial charge is 0.247 e. The molecule has 1 amide bonds. The van der Waals surface area contributed by atoms with E-state index >= 15 is 0 Å². The van der Waals surface area contributed by atoms with E-state index in [0.29, 0.717) is 6.54 Å². The van der Waals surface area contributed by atoms with Crippen LogP contribution < -0.4 is 0 Å². The molecule has 3 heteroatoms. The number of thiol groups is 1. The predicted octanol–water partition coefficient (Wildman–Crippen LogP) is 3.52. The van der Waals surface area contributed by atoms with Gasteiger partial charge in [-0.15, -0.1) is 0 Å². The van der Waals surface area contributed by atoms with Gasteiger partial charge in [0.25, 0.3) is 0 Å². The van der Waals surface area contributed by atoms with Gasteiger partial charge in [0.1, 0.15) is 0 Å². The molecule has 1 aromatic rings. The quantitative estimate of drug-likeness (QED) is 0.489. The van der Waals surface area contributed by atoms with Crippen LogP contribution in [0.15, 0.2) is 30.3 Å². The molecule has 0 N–H and O–H groups in total. The largest absolute Gasteiger partial charge is 0.328 e. The Bertz CT molecular complexity index is 411. The van der Waals surface area contributed by atoms with E-state index in [1.54, 1.807) is 11.0 Å². The number of likely N-dealkylation sites (N-methyl/N-ethyl adjacent to an activating group) is 1. The Morgan fingerprint density at radius 3 is 2.44 bits per heavy atom. The number of carbonyl (C=O) groups excluding carboxylic acids is 1. The van der Waals surface area contributed by atoms with E-state index in [1.165, 1.54) is 5.56 Å². The second kappa shape index (κ2) is 7.27. The molecule has 0 spiro atoms.